The molecule has 0 bridgehead atoms. The number of amides is 2. The first-order chi connectivity index (χ1) is 18.1. The molecule has 0 spiro atoms. The van der Waals surface area contributed by atoms with E-state index in [2.05, 4.69) is 15.5 Å². The first-order valence-electron chi connectivity index (χ1n) is 10.6. The van der Waals surface area contributed by atoms with Gasteiger partial charge >= 0.3 is 65.1 Å². The number of oxime groups is 1. The predicted octanol–water partition coefficient (Wildman–Crippen LogP) is -8.03. The number of fused-ring (bicyclic) bond motifs is 1. The average molecular weight is 626 g/mol. The van der Waals surface area contributed by atoms with Crippen LogP contribution < -0.4 is 80.4 Å². The number of nitrogens with one attached hydrogen (secondary N) is 1. The van der Waals surface area contributed by atoms with Gasteiger partial charge in [0.2, 0.25) is 0 Å². The third-order valence-electron chi connectivity index (χ3n) is 5.27. The number of hydrogen-bond acceptors (Lipinski definition) is 15. The Morgan fingerprint density at radius 3 is 2.55 bits per heavy atom. The van der Waals surface area contributed by atoms with Gasteiger partial charge in [0.15, 0.2) is 16.9 Å². The van der Waals surface area contributed by atoms with Crippen molar-refractivity contribution in [3.05, 3.63) is 44.7 Å². The van der Waals surface area contributed by atoms with E-state index in [0.29, 0.717) is 0 Å². The number of β-lactam (4-membered cyclic amide) rings is 1. The van der Waals surface area contributed by atoms with Crippen molar-refractivity contribution in [3.63, 3.8) is 0 Å². The van der Waals surface area contributed by atoms with Crippen LogP contribution >= 0.6 is 34.4 Å². The number of ether oxygens (including phenoxy) is 1. The number of nitrogen functional groups attached to an aromatic ring is 1. The minimum atomic E-state index is -1.63. The molecule has 0 aromatic carbocycles. The molecule has 3 atom stereocenters. The number of aromatic nitrogens is 1. The molecule has 40 heavy (non-hydrogen) atoms. The summed E-state index contributed by atoms with van der Waals surface area (Å²) in [4.78, 5) is 70.6. The molecule has 1 fully saturated rings. The normalized spacial score (nSPS) is 18.8. The molecule has 1 saturated heterocycles. The smallest absolute Gasteiger partial charge is 0.546 e. The maximum absolute atomic E-state index is 13.2. The van der Waals surface area contributed by atoms with Gasteiger partial charge in [-0.25, -0.2) is 4.98 Å². The molecule has 3 N–H and O–H groups in total. The fourth-order valence-electron chi connectivity index (χ4n) is 3.55. The summed E-state index contributed by atoms with van der Waals surface area (Å²) in [6.45, 7) is 0.828. The fraction of sp³-hybridized carbons (Fsp3) is 0.286. The topological polar surface area (TPSA) is 216 Å². The van der Waals surface area contributed by atoms with Gasteiger partial charge in [-0.3, -0.25) is 19.3 Å². The summed E-state index contributed by atoms with van der Waals surface area (Å²) in [5.74, 6) is -5.46. The van der Waals surface area contributed by atoms with Gasteiger partial charge in [0.25, 0.3) is 11.8 Å². The minimum absolute atomic E-state index is 0. The zero-order chi connectivity index (χ0) is 27.6. The Morgan fingerprint density at radius 2 is 2.00 bits per heavy atom. The second-order valence-corrected chi connectivity index (χ2v) is 10.5. The molecule has 14 nitrogen and oxygen atoms in total. The molecule has 2 amide bonds. The largest absolute Gasteiger partial charge is 1.00 e. The zero-order valence-electron chi connectivity index (χ0n) is 21.3. The number of carboxylic acids is 2. The van der Waals surface area contributed by atoms with Gasteiger partial charge in [-0.05, 0) is 16.8 Å². The Balaban J connectivity index is 0.00000280. The summed E-state index contributed by atoms with van der Waals surface area (Å²) < 4.78 is 4.87. The van der Waals surface area contributed by atoms with Crippen LogP contribution in [0.3, 0.4) is 0 Å². The number of carbonyl (C=O) groups excluding carboxylic acids is 5. The van der Waals surface area contributed by atoms with E-state index in [-0.39, 0.29) is 93.4 Å². The van der Waals surface area contributed by atoms with Crippen molar-refractivity contribution in [3.8, 4) is 0 Å². The van der Waals surface area contributed by atoms with Gasteiger partial charge in [-0.2, -0.15) is 11.3 Å². The number of anilines is 1. The van der Waals surface area contributed by atoms with Gasteiger partial charge in [0.1, 0.15) is 23.7 Å². The number of carbonyl (C=O) groups is 5. The average Bonchev–Trinajstić information content (AvgIpc) is 3.54. The summed E-state index contributed by atoms with van der Waals surface area (Å²) in [6, 6.07) is 0.327. The number of esters is 1. The fourth-order valence-corrected chi connectivity index (χ4v) is 6.10. The molecule has 1 unspecified atom stereocenters. The molecule has 2 aromatic heterocycles. The van der Waals surface area contributed by atoms with Crippen LogP contribution in [0.4, 0.5) is 5.13 Å². The Hall–Kier alpha value is -1.96. The van der Waals surface area contributed by atoms with Crippen molar-refractivity contribution >= 4 is 75.0 Å². The van der Waals surface area contributed by atoms with E-state index in [1.165, 1.54) is 28.2 Å². The van der Waals surface area contributed by atoms with Crippen LogP contribution in [0.5, 0.6) is 0 Å². The van der Waals surface area contributed by atoms with Gasteiger partial charge < -0.3 is 40.4 Å². The van der Waals surface area contributed by atoms with Gasteiger partial charge in [0.05, 0.1) is 17.6 Å². The van der Waals surface area contributed by atoms with Crippen molar-refractivity contribution in [2.45, 2.75) is 24.4 Å². The predicted molar refractivity (Wildman–Crippen MR) is 130 cm³/mol. The van der Waals surface area contributed by atoms with E-state index < -0.39 is 58.7 Å². The van der Waals surface area contributed by atoms with E-state index in [4.69, 9.17) is 15.3 Å². The Bertz CT molecular complexity index is 1370. The quantitative estimate of drug-likeness (QED) is 0.0828. The third-order valence-corrected chi connectivity index (χ3v) is 7.98. The number of thiophene rings is 1. The molecular weight excluding hydrogens is 608 g/mol. The summed E-state index contributed by atoms with van der Waals surface area (Å²) in [6.07, 6.45) is -1.62. The summed E-state index contributed by atoms with van der Waals surface area (Å²) >= 11 is 3.34. The van der Waals surface area contributed by atoms with Gasteiger partial charge in [-0.15, -0.1) is 23.1 Å². The standard InChI is InChI=1S/C21H19N5O9S3.2Na/c1-8(27)34-4-10-6-37-18-13(17(29)26(18)14(10)19(30)31)24-16(28)12(11-7-38-21(22)23-11)25-35-15(20(32)33)9-2-3-36-5-9;;/h2-3,5,7,13,15,18H,4,6H2,1H3,(H2,22,23)(H,24,28)(H,30,31)(H,32,33);;/q;2*+1/p-2/b25-12-;;/t13-,15?,18+;;/m0../s1. The number of rotatable bonds is 10. The van der Waals surface area contributed by atoms with Crippen LogP contribution in [0.25, 0.3) is 0 Å². The van der Waals surface area contributed by atoms with Crippen LogP contribution in [0.15, 0.2) is 38.6 Å². The van der Waals surface area contributed by atoms with Gasteiger partial charge in [-0.1, -0.05) is 5.16 Å². The number of thiazole rings is 1. The van der Waals surface area contributed by atoms with Crippen LogP contribution in [-0.4, -0.2) is 69.1 Å². The summed E-state index contributed by atoms with van der Waals surface area (Å²) in [5, 5.41) is 33.3. The van der Waals surface area contributed by atoms with Crippen molar-refractivity contribution < 1.29 is 103 Å². The third kappa shape index (κ3) is 7.46. The van der Waals surface area contributed by atoms with Crippen LogP contribution in [0.1, 0.15) is 24.3 Å². The molecule has 2 aliphatic heterocycles. The molecule has 200 valence electrons. The van der Waals surface area contributed by atoms with Crippen LogP contribution in [-0.2, 0) is 33.5 Å². The molecule has 4 rings (SSSR count). The molecule has 0 saturated carbocycles. The summed E-state index contributed by atoms with van der Waals surface area (Å²) in [7, 11) is 0. The molecule has 19 heteroatoms. The summed E-state index contributed by atoms with van der Waals surface area (Å²) in [5.41, 5.74) is 5.15. The van der Waals surface area contributed by atoms with Gasteiger partial charge in [0, 0.05) is 29.2 Å². The van der Waals surface area contributed by atoms with Crippen molar-refractivity contribution in [1.29, 1.82) is 0 Å². The molecule has 4 heterocycles. The minimum Gasteiger partial charge on any atom is -0.546 e. The van der Waals surface area contributed by atoms with Crippen molar-refractivity contribution in [1.82, 2.24) is 15.2 Å². The first-order valence-corrected chi connectivity index (χ1v) is 13.5. The Labute approximate surface area is 282 Å². The second kappa shape index (κ2) is 14.8. The maximum atomic E-state index is 13.2. The number of nitrogens with zero attached hydrogens (tertiary/aromatic N) is 3. The monoisotopic (exact) mass is 625 g/mol. The number of hydrogen-bond donors (Lipinski definition) is 2. The van der Waals surface area contributed by atoms with E-state index in [0.717, 1.165) is 34.9 Å². The molecule has 0 radical (unpaired) electrons. The number of carboxylic acid groups (broad SMARTS) is 2. The second-order valence-electron chi connectivity index (χ2n) is 7.75. The van der Waals surface area contributed by atoms with Crippen molar-refractivity contribution in [2.75, 3.05) is 18.1 Å². The maximum Gasteiger partial charge on any atom is 1.00 e. The first kappa shape index (κ1) is 34.2. The molecule has 2 aliphatic rings. The number of thioether (sulfide) groups is 1. The number of aliphatic carboxylic acids is 2. The zero-order valence-corrected chi connectivity index (χ0v) is 27.7. The van der Waals surface area contributed by atoms with E-state index in [9.17, 15) is 34.2 Å². The van der Waals surface area contributed by atoms with Crippen LogP contribution in [0, 0.1) is 0 Å². The van der Waals surface area contributed by atoms with E-state index >= 15 is 0 Å². The Morgan fingerprint density at radius 1 is 1.27 bits per heavy atom. The Kier molecular flexibility index (Phi) is 12.7. The van der Waals surface area contributed by atoms with Crippen molar-refractivity contribution in [2.24, 2.45) is 5.16 Å². The molecular formula is C21H17N5Na2O9S3. The number of nitrogens with two attached hydrogens (primary N) is 1. The molecule has 0 aliphatic carbocycles. The van der Waals surface area contributed by atoms with Crippen LogP contribution in [0.2, 0.25) is 0 Å². The van der Waals surface area contributed by atoms with E-state index in [1.807, 2.05) is 0 Å². The van der Waals surface area contributed by atoms with E-state index in [1.54, 1.807) is 5.38 Å². The molecule has 2 aromatic rings. The SMILES string of the molecule is CC(=O)OCC1=C(C(=O)[O-])N2C(=O)[C@H](NC(=O)/C(=N\OC(C(=O)[O-])c3ccsc3)c3csc(N)n3)[C@H]2SC1.[Na+].[Na+].